The van der Waals surface area contributed by atoms with Crippen molar-refractivity contribution < 1.29 is 23.8 Å². The van der Waals surface area contributed by atoms with E-state index in [1.807, 2.05) is 30.3 Å². The highest BCUT2D eigenvalue weighted by Gasteiger charge is 2.29. The molecule has 0 aromatic heterocycles. The predicted octanol–water partition coefficient (Wildman–Crippen LogP) is 2.84. The van der Waals surface area contributed by atoms with E-state index in [9.17, 15) is 9.59 Å². The van der Waals surface area contributed by atoms with Crippen LogP contribution in [0.3, 0.4) is 0 Å². The van der Waals surface area contributed by atoms with Crippen molar-refractivity contribution in [3.8, 4) is 5.75 Å². The second kappa shape index (κ2) is 9.19. The Kier molecular flexibility index (Phi) is 6.44. The zero-order valence-corrected chi connectivity index (χ0v) is 15.3. The van der Waals surface area contributed by atoms with Gasteiger partial charge in [-0.15, -0.1) is 0 Å². The molecule has 1 saturated heterocycles. The Bertz CT molecular complexity index is 754. The molecular weight excluding hydrogens is 346 g/mol. The molecule has 1 heterocycles. The fourth-order valence-electron chi connectivity index (χ4n) is 2.86. The summed E-state index contributed by atoms with van der Waals surface area (Å²) in [4.78, 5) is 26.6. The number of rotatable bonds is 6. The molecule has 3 rings (SSSR count). The average molecular weight is 369 g/mol. The molecule has 142 valence electrons. The van der Waals surface area contributed by atoms with Crippen LogP contribution < -0.4 is 4.74 Å². The Morgan fingerprint density at radius 2 is 1.70 bits per heavy atom. The highest BCUT2D eigenvalue weighted by molar-refractivity contribution is 5.89. The summed E-state index contributed by atoms with van der Waals surface area (Å²) in [5.41, 5.74) is 1.23. The molecule has 27 heavy (non-hydrogen) atoms. The Hall–Kier alpha value is -2.86. The first kappa shape index (κ1) is 18.9. The van der Waals surface area contributed by atoms with Gasteiger partial charge in [0, 0.05) is 18.7 Å². The number of hydrogen-bond acceptors (Lipinski definition) is 5. The quantitative estimate of drug-likeness (QED) is 0.733. The molecule has 1 aliphatic rings. The van der Waals surface area contributed by atoms with Gasteiger partial charge in [-0.2, -0.15) is 0 Å². The molecule has 0 saturated carbocycles. The number of nitrogens with zero attached hydrogens (tertiary/aromatic N) is 1. The highest BCUT2D eigenvalue weighted by atomic mass is 16.5. The Labute approximate surface area is 158 Å². The molecule has 0 aliphatic carbocycles. The third-order valence-electron chi connectivity index (χ3n) is 4.27. The second-order valence-electron chi connectivity index (χ2n) is 6.09. The van der Waals surface area contributed by atoms with Crippen LogP contribution in [0.2, 0.25) is 0 Å². The molecule has 1 aliphatic heterocycles. The Morgan fingerprint density at radius 3 is 2.33 bits per heavy atom. The topological polar surface area (TPSA) is 65.1 Å². The van der Waals surface area contributed by atoms with Crippen molar-refractivity contribution in [3.63, 3.8) is 0 Å². The number of morpholine rings is 1. The van der Waals surface area contributed by atoms with Gasteiger partial charge in [0.15, 0.2) is 0 Å². The van der Waals surface area contributed by atoms with Crippen molar-refractivity contribution in [2.24, 2.45) is 0 Å². The summed E-state index contributed by atoms with van der Waals surface area (Å²) in [5, 5.41) is 0. The van der Waals surface area contributed by atoms with E-state index >= 15 is 0 Å². The molecule has 6 nitrogen and oxygen atoms in total. The van der Waals surface area contributed by atoms with Crippen molar-refractivity contribution in [2.45, 2.75) is 13.0 Å². The van der Waals surface area contributed by atoms with Crippen LogP contribution in [0.25, 0.3) is 0 Å². The van der Waals surface area contributed by atoms with E-state index in [2.05, 4.69) is 0 Å². The third-order valence-corrected chi connectivity index (χ3v) is 4.27. The summed E-state index contributed by atoms with van der Waals surface area (Å²) >= 11 is 0. The Balaban J connectivity index is 1.79. The molecule has 2 aromatic rings. The van der Waals surface area contributed by atoms with E-state index in [0.717, 1.165) is 5.56 Å². The molecule has 0 bridgehead atoms. The van der Waals surface area contributed by atoms with Gasteiger partial charge in [-0.25, -0.2) is 4.79 Å². The van der Waals surface area contributed by atoms with Gasteiger partial charge in [-0.1, -0.05) is 30.3 Å². The van der Waals surface area contributed by atoms with Gasteiger partial charge in [-0.3, -0.25) is 4.79 Å². The first-order valence-corrected chi connectivity index (χ1v) is 9.04. The maximum absolute atomic E-state index is 13.0. The number of amides is 1. The van der Waals surface area contributed by atoms with Crippen molar-refractivity contribution in [1.82, 2.24) is 4.90 Å². The van der Waals surface area contributed by atoms with E-state index in [-0.39, 0.29) is 11.9 Å². The molecule has 1 amide bonds. The number of esters is 1. The predicted molar refractivity (Wildman–Crippen MR) is 99.6 cm³/mol. The van der Waals surface area contributed by atoms with E-state index in [1.54, 1.807) is 36.1 Å². The van der Waals surface area contributed by atoms with Crippen molar-refractivity contribution >= 4 is 11.9 Å². The fourth-order valence-corrected chi connectivity index (χ4v) is 2.86. The normalized spacial score (nSPS) is 15.1. The van der Waals surface area contributed by atoms with Gasteiger partial charge in [0.05, 0.1) is 25.4 Å². The Morgan fingerprint density at radius 1 is 1.04 bits per heavy atom. The summed E-state index contributed by atoms with van der Waals surface area (Å²) in [6.07, 6.45) is -0.752. The summed E-state index contributed by atoms with van der Waals surface area (Å²) in [7, 11) is 0. The number of benzene rings is 2. The van der Waals surface area contributed by atoms with Crippen LogP contribution in [0.5, 0.6) is 5.75 Å². The van der Waals surface area contributed by atoms with E-state index < -0.39 is 6.10 Å². The maximum Gasteiger partial charge on any atom is 0.338 e. The first-order valence-electron chi connectivity index (χ1n) is 9.04. The van der Waals surface area contributed by atoms with Crippen LogP contribution in [0.1, 0.15) is 28.9 Å². The van der Waals surface area contributed by atoms with Crippen LogP contribution in [0.15, 0.2) is 54.6 Å². The van der Waals surface area contributed by atoms with Gasteiger partial charge < -0.3 is 19.1 Å². The highest BCUT2D eigenvalue weighted by Crippen LogP contribution is 2.25. The smallest absolute Gasteiger partial charge is 0.338 e. The standard InChI is InChI=1S/C21H23NO5/c1-2-26-21(24)17-8-10-18(11-9-17)27-19(16-6-4-3-5-7-16)20(23)22-12-14-25-15-13-22/h3-11,19H,2,12-15H2,1H3/t19-/m1/s1. The summed E-state index contributed by atoms with van der Waals surface area (Å²) in [6.45, 7) is 4.24. The number of carbonyl (C=O) groups excluding carboxylic acids is 2. The number of ether oxygens (including phenoxy) is 3. The number of carbonyl (C=O) groups is 2. The zero-order valence-electron chi connectivity index (χ0n) is 15.3. The van der Waals surface area contributed by atoms with E-state index in [4.69, 9.17) is 14.2 Å². The van der Waals surface area contributed by atoms with E-state index in [0.29, 0.717) is 44.2 Å². The lowest BCUT2D eigenvalue weighted by Gasteiger charge is -2.30. The molecule has 6 heteroatoms. The molecule has 0 spiro atoms. The molecule has 0 N–H and O–H groups in total. The van der Waals surface area contributed by atoms with E-state index in [1.165, 1.54) is 0 Å². The molecule has 2 aromatic carbocycles. The van der Waals surface area contributed by atoms with Gasteiger partial charge in [-0.05, 0) is 31.2 Å². The number of hydrogen-bond donors (Lipinski definition) is 0. The van der Waals surface area contributed by atoms with Gasteiger partial charge in [0.2, 0.25) is 6.10 Å². The zero-order chi connectivity index (χ0) is 19.1. The summed E-state index contributed by atoms with van der Waals surface area (Å²) in [5.74, 6) is 0.0329. The van der Waals surface area contributed by atoms with Gasteiger partial charge in [0.25, 0.3) is 5.91 Å². The fraction of sp³-hybridized carbons (Fsp3) is 0.333. The first-order chi connectivity index (χ1) is 13.2. The summed E-state index contributed by atoms with van der Waals surface area (Å²) in [6, 6.07) is 16.0. The van der Waals surface area contributed by atoms with Crippen LogP contribution in [0.4, 0.5) is 0 Å². The minimum Gasteiger partial charge on any atom is -0.476 e. The van der Waals surface area contributed by atoms with Crippen LogP contribution in [-0.4, -0.2) is 49.7 Å². The van der Waals surface area contributed by atoms with Gasteiger partial charge in [0.1, 0.15) is 5.75 Å². The van der Waals surface area contributed by atoms with Crippen LogP contribution >= 0.6 is 0 Å². The average Bonchev–Trinajstić information content (AvgIpc) is 2.73. The van der Waals surface area contributed by atoms with Crippen molar-refractivity contribution in [1.29, 1.82) is 0 Å². The van der Waals surface area contributed by atoms with Crippen LogP contribution in [0, 0.1) is 0 Å². The van der Waals surface area contributed by atoms with Crippen molar-refractivity contribution in [3.05, 3.63) is 65.7 Å². The molecular formula is C21H23NO5. The maximum atomic E-state index is 13.0. The third kappa shape index (κ3) is 4.86. The largest absolute Gasteiger partial charge is 0.476 e. The minimum absolute atomic E-state index is 0.0982. The SMILES string of the molecule is CCOC(=O)c1ccc(O[C@@H](C(=O)N2CCOCC2)c2ccccc2)cc1. The van der Waals surface area contributed by atoms with Crippen LogP contribution in [-0.2, 0) is 14.3 Å². The van der Waals surface area contributed by atoms with Gasteiger partial charge >= 0.3 is 5.97 Å². The molecule has 1 atom stereocenters. The second-order valence-corrected chi connectivity index (χ2v) is 6.09. The lowest BCUT2D eigenvalue weighted by atomic mass is 10.1. The summed E-state index contributed by atoms with van der Waals surface area (Å²) < 4.78 is 16.3. The molecule has 0 radical (unpaired) electrons. The monoisotopic (exact) mass is 369 g/mol. The lowest BCUT2D eigenvalue weighted by molar-refractivity contribution is -0.143. The lowest BCUT2D eigenvalue weighted by Crippen LogP contribution is -2.44. The minimum atomic E-state index is -0.752. The molecule has 1 fully saturated rings. The van der Waals surface area contributed by atoms with Crippen molar-refractivity contribution in [2.75, 3.05) is 32.9 Å². The molecule has 0 unspecified atom stereocenters.